The molecule has 1 saturated heterocycles. The van der Waals surface area contributed by atoms with Crippen molar-refractivity contribution < 1.29 is 23.9 Å². The lowest BCUT2D eigenvalue weighted by Crippen LogP contribution is -2.49. The fraction of sp³-hybridized carbons (Fsp3) is 0.286. The summed E-state index contributed by atoms with van der Waals surface area (Å²) in [6.07, 6.45) is 0. The maximum Gasteiger partial charge on any atom is 0.344 e. The van der Waals surface area contributed by atoms with Gasteiger partial charge in [-0.2, -0.15) is 5.01 Å². The van der Waals surface area contributed by atoms with Crippen molar-refractivity contribution >= 4 is 17.8 Å². The van der Waals surface area contributed by atoms with Crippen LogP contribution in [0.3, 0.4) is 0 Å². The smallest absolute Gasteiger partial charge is 0.344 e. The number of aryl methyl sites for hydroxylation is 2. The molecule has 0 bridgehead atoms. The van der Waals surface area contributed by atoms with E-state index in [1.807, 2.05) is 32.0 Å². The van der Waals surface area contributed by atoms with Crippen molar-refractivity contribution in [2.24, 2.45) is 0 Å². The molecule has 1 atom stereocenters. The van der Waals surface area contributed by atoms with Gasteiger partial charge in [0.1, 0.15) is 17.0 Å². The molecule has 2 aromatic carbocycles. The van der Waals surface area contributed by atoms with Crippen LogP contribution in [0.1, 0.15) is 23.6 Å². The highest BCUT2D eigenvalue weighted by Gasteiger charge is 2.50. The van der Waals surface area contributed by atoms with Gasteiger partial charge in [-0.25, -0.2) is 4.79 Å². The molecule has 1 fully saturated rings. The monoisotopic (exact) mass is 397 g/mol. The Morgan fingerprint density at radius 3 is 2.66 bits per heavy atom. The average Bonchev–Trinajstić information content (AvgIpc) is 2.92. The van der Waals surface area contributed by atoms with Crippen molar-refractivity contribution in [2.45, 2.75) is 26.3 Å². The lowest BCUT2D eigenvalue weighted by molar-refractivity contribution is -0.139. The summed E-state index contributed by atoms with van der Waals surface area (Å²) in [5, 5.41) is 3.29. The lowest BCUT2D eigenvalue weighted by atomic mass is 9.92. The second-order valence-electron chi connectivity index (χ2n) is 7.02. The number of ether oxygens (including phenoxy) is 2. The first-order chi connectivity index (χ1) is 13.7. The number of hydrogen-bond donors (Lipinski definition) is 2. The predicted octanol–water partition coefficient (Wildman–Crippen LogP) is 2.19. The number of carbonyl (C=O) groups excluding carboxylic acids is 3. The quantitative estimate of drug-likeness (QED) is 0.729. The summed E-state index contributed by atoms with van der Waals surface area (Å²) in [6.45, 7) is 5.01. The van der Waals surface area contributed by atoms with Gasteiger partial charge in [-0.1, -0.05) is 24.3 Å². The molecular formula is C21H23N3O5. The Balaban J connectivity index is 1.69. The van der Waals surface area contributed by atoms with Gasteiger partial charge >= 0.3 is 6.03 Å². The molecule has 3 rings (SSSR count). The maximum atomic E-state index is 12.9. The van der Waals surface area contributed by atoms with Gasteiger partial charge in [0.2, 0.25) is 0 Å². The van der Waals surface area contributed by atoms with Crippen molar-refractivity contribution in [3.8, 4) is 11.5 Å². The highest BCUT2D eigenvalue weighted by Crippen LogP contribution is 2.30. The van der Waals surface area contributed by atoms with Crippen LogP contribution >= 0.6 is 0 Å². The summed E-state index contributed by atoms with van der Waals surface area (Å²) in [5.41, 5.74) is 3.40. The van der Waals surface area contributed by atoms with Crippen LogP contribution in [0.25, 0.3) is 0 Å². The minimum Gasteiger partial charge on any atom is -0.497 e. The highest BCUT2D eigenvalue weighted by atomic mass is 16.5. The number of nitrogens with one attached hydrogen (secondary N) is 2. The zero-order valence-electron chi connectivity index (χ0n) is 16.7. The van der Waals surface area contributed by atoms with E-state index in [9.17, 15) is 14.4 Å². The molecule has 0 aliphatic carbocycles. The first kappa shape index (κ1) is 20.2. The molecule has 1 aliphatic rings. The fourth-order valence-electron chi connectivity index (χ4n) is 3.03. The zero-order chi connectivity index (χ0) is 21.2. The Kier molecular flexibility index (Phi) is 5.45. The highest BCUT2D eigenvalue weighted by molar-refractivity contribution is 6.08. The van der Waals surface area contributed by atoms with E-state index in [4.69, 9.17) is 9.47 Å². The first-order valence-corrected chi connectivity index (χ1v) is 9.05. The average molecular weight is 397 g/mol. The SMILES string of the molecule is COc1cccc([C@@]2(C)NC(=O)N(NC(=O)COc3cc(C)ccc3C)C2=O)c1. The standard InChI is InChI=1S/C21H23N3O5/c1-13-8-9-14(2)17(10-13)29-12-18(25)23-24-19(26)21(3,22-20(24)27)15-6-5-7-16(11-15)28-4/h5-11H,12H2,1-4H3,(H,22,27)(H,23,25)/t21-/m1/s1. The molecule has 2 aromatic rings. The van der Waals surface area contributed by atoms with Gasteiger partial charge in [0, 0.05) is 0 Å². The van der Waals surface area contributed by atoms with E-state index in [0.717, 1.165) is 11.1 Å². The summed E-state index contributed by atoms with van der Waals surface area (Å²) in [6, 6.07) is 11.7. The number of methoxy groups -OCH3 is 1. The number of hydrogen-bond acceptors (Lipinski definition) is 5. The van der Waals surface area contributed by atoms with Gasteiger partial charge in [0.15, 0.2) is 6.61 Å². The van der Waals surface area contributed by atoms with Crippen molar-refractivity contribution in [1.29, 1.82) is 0 Å². The second kappa shape index (κ2) is 7.83. The number of rotatable bonds is 6. The zero-order valence-corrected chi connectivity index (χ0v) is 16.7. The number of benzene rings is 2. The fourth-order valence-corrected chi connectivity index (χ4v) is 3.03. The number of nitrogens with zero attached hydrogens (tertiary/aromatic N) is 1. The van der Waals surface area contributed by atoms with Crippen LogP contribution in [0, 0.1) is 13.8 Å². The maximum absolute atomic E-state index is 12.9. The molecule has 152 valence electrons. The molecule has 1 aliphatic heterocycles. The van der Waals surface area contributed by atoms with Crippen molar-refractivity contribution in [2.75, 3.05) is 13.7 Å². The predicted molar refractivity (Wildman–Crippen MR) is 105 cm³/mol. The Bertz CT molecular complexity index is 975. The van der Waals surface area contributed by atoms with Gasteiger partial charge in [0.05, 0.1) is 7.11 Å². The third-order valence-corrected chi connectivity index (χ3v) is 4.78. The summed E-state index contributed by atoms with van der Waals surface area (Å²) in [4.78, 5) is 37.5. The molecule has 0 spiro atoms. The Labute approximate surface area is 168 Å². The minimum absolute atomic E-state index is 0.336. The molecule has 4 amide bonds. The van der Waals surface area contributed by atoms with Crippen LogP contribution in [0.4, 0.5) is 4.79 Å². The van der Waals surface area contributed by atoms with E-state index >= 15 is 0 Å². The van der Waals surface area contributed by atoms with Crippen molar-refractivity contribution in [1.82, 2.24) is 15.8 Å². The third kappa shape index (κ3) is 4.01. The lowest BCUT2D eigenvalue weighted by Gasteiger charge is -2.22. The van der Waals surface area contributed by atoms with Crippen LogP contribution in [-0.4, -0.2) is 36.6 Å². The van der Waals surface area contributed by atoms with Crippen LogP contribution in [0.2, 0.25) is 0 Å². The molecule has 2 N–H and O–H groups in total. The molecule has 29 heavy (non-hydrogen) atoms. The van der Waals surface area contributed by atoms with Crippen LogP contribution < -0.4 is 20.2 Å². The van der Waals surface area contributed by atoms with Gasteiger partial charge in [0.25, 0.3) is 11.8 Å². The molecule has 8 heteroatoms. The van der Waals surface area contributed by atoms with E-state index in [2.05, 4.69) is 10.7 Å². The van der Waals surface area contributed by atoms with E-state index in [1.54, 1.807) is 31.2 Å². The van der Waals surface area contributed by atoms with E-state index in [-0.39, 0.29) is 6.61 Å². The van der Waals surface area contributed by atoms with E-state index in [1.165, 1.54) is 7.11 Å². The molecule has 0 radical (unpaired) electrons. The van der Waals surface area contributed by atoms with Crippen LogP contribution in [0.15, 0.2) is 42.5 Å². The van der Waals surface area contributed by atoms with Crippen LogP contribution in [-0.2, 0) is 15.1 Å². The Hall–Kier alpha value is -3.55. The van der Waals surface area contributed by atoms with Crippen molar-refractivity contribution in [3.05, 3.63) is 59.2 Å². The number of hydrazine groups is 1. The summed E-state index contributed by atoms with van der Waals surface area (Å²) in [7, 11) is 1.51. The largest absolute Gasteiger partial charge is 0.497 e. The van der Waals surface area contributed by atoms with Gasteiger partial charge in [-0.3, -0.25) is 15.0 Å². The Morgan fingerprint density at radius 2 is 1.93 bits per heavy atom. The number of imide groups is 1. The molecule has 0 unspecified atom stereocenters. The summed E-state index contributed by atoms with van der Waals surface area (Å²) in [5.74, 6) is -0.103. The molecule has 0 saturated carbocycles. The van der Waals surface area contributed by atoms with Crippen LogP contribution in [0.5, 0.6) is 11.5 Å². The first-order valence-electron chi connectivity index (χ1n) is 9.05. The van der Waals surface area contributed by atoms with E-state index < -0.39 is 23.4 Å². The topological polar surface area (TPSA) is 97.0 Å². The summed E-state index contributed by atoms with van der Waals surface area (Å²) >= 11 is 0. The summed E-state index contributed by atoms with van der Waals surface area (Å²) < 4.78 is 10.7. The normalized spacial score (nSPS) is 18.4. The van der Waals surface area contributed by atoms with E-state index in [0.29, 0.717) is 22.1 Å². The number of urea groups is 1. The second-order valence-corrected chi connectivity index (χ2v) is 7.02. The number of amides is 4. The molecule has 8 nitrogen and oxygen atoms in total. The van der Waals surface area contributed by atoms with Gasteiger partial charge in [-0.15, -0.1) is 0 Å². The molecule has 0 aromatic heterocycles. The van der Waals surface area contributed by atoms with Gasteiger partial charge in [-0.05, 0) is 55.7 Å². The third-order valence-electron chi connectivity index (χ3n) is 4.78. The Morgan fingerprint density at radius 1 is 1.17 bits per heavy atom. The minimum atomic E-state index is -1.33. The van der Waals surface area contributed by atoms with Gasteiger partial charge < -0.3 is 14.8 Å². The molecule has 1 heterocycles. The number of carbonyl (C=O) groups is 3. The molecular weight excluding hydrogens is 374 g/mol. The van der Waals surface area contributed by atoms with Crippen molar-refractivity contribution in [3.63, 3.8) is 0 Å².